The summed E-state index contributed by atoms with van der Waals surface area (Å²) in [6.45, 7) is 2.31. The molecule has 5 nitrogen and oxygen atoms in total. The second-order valence-corrected chi connectivity index (χ2v) is 5.71. The summed E-state index contributed by atoms with van der Waals surface area (Å²) >= 11 is 6.16. The van der Waals surface area contributed by atoms with E-state index >= 15 is 0 Å². The van der Waals surface area contributed by atoms with Crippen molar-refractivity contribution in [2.45, 2.75) is 13.0 Å². The first-order valence-electron chi connectivity index (χ1n) is 6.91. The SMILES string of the molecule is C[C@@H]1CN(C(=O)c2ccc(=O)n(C)c2)c2cccc(Cl)c2O1. The van der Waals surface area contributed by atoms with E-state index in [1.165, 1.54) is 22.9 Å². The van der Waals surface area contributed by atoms with Crippen LogP contribution in [0.5, 0.6) is 5.75 Å². The van der Waals surface area contributed by atoms with Crippen LogP contribution in [0.25, 0.3) is 0 Å². The molecule has 114 valence electrons. The van der Waals surface area contributed by atoms with Gasteiger partial charge in [0.15, 0.2) is 5.75 Å². The number of benzene rings is 1. The van der Waals surface area contributed by atoms with Crippen LogP contribution in [0.1, 0.15) is 17.3 Å². The highest BCUT2D eigenvalue weighted by Crippen LogP contribution is 2.39. The van der Waals surface area contributed by atoms with E-state index in [4.69, 9.17) is 16.3 Å². The summed E-state index contributed by atoms with van der Waals surface area (Å²) in [6, 6.07) is 8.23. The Kier molecular flexibility index (Phi) is 3.66. The summed E-state index contributed by atoms with van der Waals surface area (Å²) in [5.41, 5.74) is 0.932. The van der Waals surface area contributed by atoms with Crippen molar-refractivity contribution in [1.29, 1.82) is 0 Å². The first kappa shape index (κ1) is 14.7. The van der Waals surface area contributed by atoms with E-state index in [1.807, 2.05) is 6.92 Å². The van der Waals surface area contributed by atoms with Crippen molar-refractivity contribution in [2.75, 3.05) is 11.4 Å². The highest BCUT2D eigenvalue weighted by molar-refractivity contribution is 6.32. The summed E-state index contributed by atoms with van der Waals surface area (Å²) in [4.78, 5) is 25.9. The number of aryl methyl sites for hydroxylation is 1. The fourth-order valence-electron chi connectivity index (χ4n) is 2.49. The monoisotopic (exact) mass is 318 g/mol. The van der Waals surface area contributed by atoms with Gasteiger partial charge in [0.25, 0.3) is 5.91 Å². The molecule has 0 N–H and O–H groups in total. The van der Waals surface area contributed by atoms with Crippen LogP contribution in [0.4, 0.5) is 5.69 Å². The van der Waals surface area contributed by atoms with Crippen molar-refractivity contribution in [3.05, 3.63) is 57.5 Å². The zero-order valence-electron chi connectivity index (χ0n) is 12.2. The molecule has 2 aromatic rings. The number of para-hydroxylation sites is 1. The second-order valence-electron chi connectivity index (χ2n) is 5.30. The van der Waals surface area contributed by atoms with Crippen molar-refractivity contribution in [3.63, 3.8) is 0 Å². The van der Waals surface area contributed by atoms with Crippen LogP contribution in [-0.2, 0) is 7.05 Å². The zero-order valence-corrected chi connectivity index (χ0v) is 13.0. The van der Waals surface area contributed by atoms with E-state index in [1.54, 1.807) is 30.1 Å². The topological polar surface area (TPSA) is 51.5 Å². The number of carbonyl (C=O) groups excluding carboxylic acids is 1. The second kappa shape index (κ2) is 5.50. The first-order chi connectivity index (χ1) is 10.5. The molecule has 1 aliphatic heterocycles. The van der Waals surface area contributed by atoms with E-state index in [0.29, 0.717) is 28.6 Å². The average Bonchev–Trinajstić information content (AvgIpc) is 2.49. The fraction of sp³-hybridized carbons (Fsp3) is 0.250. The molecule has 2 heterocycles. The van der Waals surface area contributed by atoms with E-state index in [9.17, 15) is 9.59 Å². The van der Waals surface area contributed by atoms with Crippen molar-refractivity contribution in [3.8, 4) is 5.75 Å². The molecule has 0 bridgehead atoms. The minimum absolute atomic E-state index is 0.157. The molecule has 22 heavy (non-hydrogen) atoms. The Labute approximate surface area is 132 Å². The van der Waals surface area contributed by atoms with Crippen LogP contribution < -0.4 is 15.2 Å². The molecule has 0 saturated heterocycles. The summed E-state index contributed by atoms with van der Waals surface area (Å²) in [7, 11) is 1.62. The third kappa shape index (κ3) is 2.48. The third-order valence-electron chi connectivity index (χ3n) is 3.57. The van der Waals surface area contributed by atoms with Gasteiger partial charge in [0.05, 0.1) is 22.8 Å². The standard InChI is InChI=1S/C16H15ClN2O3/c1-10-8-19(13-5-3-4-12(17)15(13)22-10)16(21)11-6-7-14(20)18(2)9-11/h3-7,9-10H,8H2,1-2H3/t10-/m1/s1. The lowest BCUT2D eigenvalue weighted by atomic mass is 10.1. The summed E-state index contributed by atoms with van der Waals surface area (Å²) in [5.74, 6) is 0.329. The van der Waals surface area contributed by atoms with Gasteiger partial charge in [0.1, 0.15) is 6.10 Å². The van der Waals surface area contributed by atoms with Gasteiger partial charge in [-0.1, -0.05) is 17.7 Å². The van der Waals surface area contributed by atoms with E-state index < -0.39 is 0 Å². The van der Waals surface area contributed by atoms with Crippen LogP contribution in [0.3, 0.4) is 0 Å². The van der Waals surface area contributed by atoms with Gasteiger partial charge < -0.3 is 14.2 Å². The highest BCUT2D eigenvalue weighted by atomic mass is 35.5. The third-order valence-corrected chi connectivity index (χ3v) is 3.87. The summed E-state index contributed by atoms with van der Waals surface area (Å²) in [5, 5.41) is 0.474. The van der Waals surface area contributed by atoms with Crippen molar-refractivity contribution in [2.24, 2.45) is 7.05 Å². The van der Waals surface area contributed by atoms with Crippen LogP contribution in [-0.4, -0.2) is 23.1 Å². The molecular weight excluding hydrogens is 304 g/mol. The lowest BCUT2D eigenvalue weighted by molar-refractivity contribution is 0.0960. The van der Waals surface area contributed by atoms with Gasteiger partial charge in [-0.3, -0.25) is 9.59 Å². The molecule has 0 radical (unpaired) electrons. The van der Waals surface area contributed by atoms with Gasteiger partial charge in [0.2, 0.25) is 5.56 Å². The molecule has 0 unspecified atom stereocenters. The molecule has 0 spiro atoms. The Bertz CT molecular complexity index is 800. The van der Waals surface area contributed by atoms with E-state index in [2.05, 4.69) is 0 Å². The molecule has 1 aliphatic rings. The lowest BCUT2D eigenvalue weighted by Gasteiger charge is -2.34. The molecule has 6 heteroatoms. The molecule has 0 fully saturated rings. The van der Waals surface area contributed by atoms with E-state index in [0.717, 1.165) is 0 Å². The van der Waals surface area contributed by atoms with Crippen molar-refractivity contribution >= 4 is 23.2 Å². The lowest BCUT2D eigenvalue weighted by Crippen LogP contribution is -2.42. The summed E-state index contributed by atoms with van der Waals surface area (Å²) < 4.78 is 7.13. The number of hydrogen-bond acceptors (Lipinski definition) is 3. The van der Waals surface area contributed by atoms with Crippen LogP contribution in [0.15, 0.2) is 41.3 Å². The Morgan fingerprint density at radius 1 is 1.32 bits per heavy atom. The van der Waals surface area contributed by atoms with Gasteiger partial charge in [-0.05, 0) is 25.1 Å². The van der Waals surface area contributed by atoms with Gasteiger partial charge in [0, 0.05) is 19.3 Å². The Hall–Kier alpha value is -2.27. The van der Waals surface area contributed by atoms with Crippen LogP contribution in [0, 0.1) is 0 Å². The normalized spacial score (nSPS) is 16.9. The molecule has 1 amide bonds. The van der Waals surface area contributed by atoms with Crippen molar-refractivity contribution < 1.29 is 9.53 Å². The predicted octanol–water partition coefficient (Wildman–Crippen LogP) is 2.47. The first-order valence-corrected chi connectivity index (χ1v) is 7.29. The molecule has 1 aromatic heterocycles. The maximum Gasteiger partial charge on any atom is 0.260 e. The highest BCUT2D eigenvalue weighted by Gasteiger charge is 2.29. The Morgan fingerprint density at radius 2 is 2.09 bits per heavy atom. The molecule has 0 aliphatic carbocycles. The summed E-state index contributed by atoms with van der Waals surface area (Å²) in [6.07, 6.45) is 1.37. The minimum Gasteiger partial charge on any atom is -0.485 e. The number of rotatable bonds is 1. The van der Waals surface area contributed by atoms with Crippen LogP contribution in [0.2, 0.25) is 5.02 Å². The quantitative estimate of drug-likeness (QED) is 0.811. The van der Waals surface area contributed by atoms with Gasteiger partial charge >= 0.3 is 0 Å². The molecule has 1 aromatic carbocycles. The number of pyridine rings is 1. The number of ether oxygens (including phenoxy) is 1. The Morgan fingerprint density at radius 3 is 2.82 bits per heavy atom. The molecule has 3 rings (SSSR count). The minimum atomic E-state index is -0.186. The number of carbonyl (C=O) groups is 1. The number of halogens is 1. The van der Waals surface area contributed by atoms with Gasteiger partial charge in [-0.15, -0.1) is 0 Å². The maximum atomic E-state index is 12.8. The maximum absolute atomic E-state index is 12.8. The predicted molar refractivity (Wildman–Crippen MR) is 84.9 cm³/mol. The number of aromatic nitrogens is 1. The number of hydrogen-bond donors (Lipinski definition) is 0. The fourth-order valence-corrected chi connectivity index (χ4v) is 2.70. The number of anilines is 1. The van der Waals surface area contributed by atoms with Crippen molar-refractivity contribution in [1.82, 2.24) is 4.57 Å². The van der Waals surface area contributed by atoms with Gasteiger partial charge in [-0.25, -0.2) is 0 Å². The number of nitrogens with zero attached hydrogens (tertiary/aromatic N) is 2. The smallest absolute Gasteiger partial charge is 0.260 e. The average molecular weight is 319 g/mol. The largest absolute Gasteiger partial charge is 0.485 e. The molecular formula is C16H15ClN2O3. The molecule has 1 atom stereocenters. The van der Waals surface area contributed by atoms with Crippen LogP contribution >= 0.6 is 11.6 Å². The number of amides is 1. The Balaban J connectivity index is 2.05. The van der Waals surface area contributed by atoms with Gasteiger partial charge in [-0.2, -0.15) is 0 Å². The zero-order chi connectivity index (χ0) is 15.9. The number of fused-ring (bicyclic) bond motifs is 1. The molecule has 0 saturated carbocycles. The van der Waals surface area contributed by atoms with E-state index in [-0.39, 0.29) is 17.6 Å².